The van der Waals surface area contributed by atoms with Gasteiger partial charge in [0.15, 0.2) is 6.10 Å². The molecule has 20 heavy (non-hydrogen) atoms. The van der Waals surface area contributed by atoms with Gasteiger partial charge in [-0.1, -0.05) is 0 Å². The van der Waals surface area contributed by atoms with Gasteiger partial charge < -0.3 is 14.7 Å². The lowest BCUT2D eigenvalue weighted by atomic mass is 10.1. The number of ether oxygens (including phenoxy) is 1. The average Bonchev–Trinajstić information content (AvgIpc) is 2.91. The van der Waals surface area contributed by atoms with Crippen molar-refractivity contribution >= 4 is 5.91 Å². The summed E-state index contributed by atoms with van der Waals surface area (Å²) in [6.07, 6.45) is 0.557. The van der Waals surface area contributed by atoms with Crippen LogP contribution in [0.25, 0.3) is 0 Å². The molecule has 4 nitrogen and oxygen atoms in total. The van der Waals surface area contributed by atoms with Crippen molar-refractivity contribution in [1.82, 2.24) is 4.90 Å². The first-order valence-electron chi connectivity index (χ1n) is 6.92. The Kier molecular flexibility index (Phi) is 4.60. The second-order valence-electron chi connectivity index (χ2n) is 5.15. The van der Waals surface area contributed by atoms with Crippen LogP contribution in [-0.4, -0.2) is 35.1 Å². The van der Waals surface area contributed by atoms with Gasteiger partial charge >= 0.3 is 0 Å². The van der Waals surface area contributed by atoms with Gasteiger partial charge in [-0.05, 0) is 38.8 Å². The minimum absolute atomic E-state index is 0.0942. The van der Waals surface area contributed by atoms with Crippen LogP contribution in [0.5, 0.6) is 5.75 Å². The Bertz CT molecular complexity index is 484. The van der Waals surface area contributed by atoms with Crippen molar-refractivity contribution in [3.05, 3.63) is 29.6 Å². The van der Waals surface area contributed by atoms with E-state index in [1.807, 2.05) is 0 Å². The second-order valence-corrected chi connectivity index (χ2v) is 5.15. The molecule has 0 spiro atoms. The van der Waals surface area contributed by atoms with E-state index in [-0.39, 0.29) is 11.7 Å². The summed E-state index contributed by atoms with van der Waals surface area (Å²) in [5.41, 5.74) is 0.479. The number of hydrogen-bond donors (Lipinski definition) is 1. The van der Waals surface area contributed by atoms with Crippen LogP contribution in [0.1, 0.15) is 38.4 Å². The predicted octanol–water partition coefficient (Wildman–Crippen LogP) is 2.27. The number of aliphatic hydroxyl groups is 1. The molecule has 1 unspecified atom stereocenters. The molecule has 1 heterocycles. The van der Waals surface area contributed by atoms with Crippen LogP contribution in [0.2, 0.25) is 0 Å². The smallest absolute Gasteiger partial charge is 0.263 e. The zero-order chi connectivity index (χ0) is 14.7. The number of nitrogens with zero attached hydrogens (tertiary/aromatic N) is 1. The van der Waals surface area contributed by atoms with E-state index < -0.39 is 18.0 Å². The SMILES string of the molecule is CC(Oc1cc(F)ccc1[C@H](C)O)C(=O)N1CCCC1. The van der Waals surface area contributed by atoms with E-state index in [9.17, 15) is 14.3 Å². The second kappa shape index (κ2) is 6.22. The zero-order valence-electron chi connectivity index (χ0n) is 11.8. The summed E-state index contributed by atoms with van der Waals surface area (Å²) in [4.78, 5) is 13.9. The van der Waals surface area contributed by atoms with Crippen LogP contribution >= 0.6 is 0 Å². The highest BCUT2D eigenvalue weighted by atomic mass is 19.1. The summed E-state index contributed by atoms with van der Waals surface area (Å²) >= 11 is 0. The van der Waals surface area contributed by atoms with Crippen molar-refractivity contribution < 1.29 is 19.0 Å². The molecular weight excluding hydrogens is 261 g/mol. The maximum Gasteiger partial charge on any atom is 0.263 e. The van der Waals surface area contributed by atoms with Crippen molar-refractivity contribution in [3.63, 3.8) is 0 Å². The van der Waals surface area contributed by atoms with Crippen molar-refractivity contribution in [2.24, 2.45) is 0 Å². The Morgan fingerprint density at radius 1 is 1.35 bits per heavy atom. The summed E-state index contributed by atoms with van der Waals surface area (Å²) in [5.74, 6) is -0.325. The molecule has 0 aliphatic carbocycles. The minimum Gasteiger partial charge on any atom is -0.480 e. The highest BCUT2D eigenvalue weighted by molar-refractivity contribution is 5.81. The fourth-order valence-electron chi connectivity index (χ4n) is 2.39. The van der Waals surface area contributed by atoms with Crippen LogP contribution in [0.15, 0.2) is 18.2 Å². The first-order valence-corrected chi connectivity index (χ1v) is 6.92. The standard InChI is InChI=1S/C15H20FNO3/c1-10(18)13-6-5-12(16)9-14(13)20-11(2)15(19)17-7-3-4-8-17/h5-6,9-11,18H,3-4,7-8H2,1-2H3/t10-,11?/m0/s1. The molecule has 1 aromatic rings. The Morgan fingerprint density at radius 2 is 2.00 bits per heavy atom. The number of likely N-dealkylation sites (tertiary alicyclic amines) is 1. The Hall–Kier alpha value is -1.62. The van der Waals surface area contributed by atoms with Crippen molar-refractivity contribution in [2.45, 2.75) is 38.9 Å². The number of halogens is 1. The molecular formula is C15H20FNO3. The number of benzene rings is 1. The molecule has 1 saturated heterocycles. The fourth-order valence-corrected chi connectivity index (χ4v) is 2.39. The van der Waals surface area contributed by atoms with E-state index in [2.05, 4.69) is 0 Å². The van der Waals surface area contributed by atoms with Crippen molar-refractivity contribution in [3.8, 4) is 5.75 Å². The summed E-state index contributed by atoms with van der Waals surface area (Å²) in [7, 11) is 0. The van der Waals surface area contributed by atoms with Gasteiger partial charge in [-0.25, -0.2) is 4.39 Å². The molecule has 1 aromatic carbocycles. The van der Waals surface area contributed by atoms with Crippen molar-refractivity contribution in [2.75, 3.05) is 13.1 Å². The van der Waals surface area contributed by atoms with E-state index in [0.717, 1.165) is 25.9 Å². The van der Waals surface area contributed by atoms with Crippen LogP contribution in [0.4, 0.5) is 4.39 Å². The summed E-state index contributed by atoms with van der Waals surface area (Å²) in [6.45, 7) is 4.72. The molecule has 1 aliphatic rings. The quantitative estimate of drug-likeness (QED) is 0.921. The van der Waals surface area contributed by atoms with Crippen LogP contribution < -0.4 is 4.74 Å². The van der Waals surface area contributed by atoms with Gasteiger partial charge in [0.1, 0.15) is 11.6 Å². The average molecular weight is 281 g/mol. The number of amides is 1. The topological polar surface area (TPSA) is 49.8 Å². The van der Waals surface area contributed by atoms with Crippen LogP contribution in [-0.2, 0) is 4.79 Å². The maximum atomic E-state index is 13.3. The number of carbonyl (C=O) groups is 1. The zero-order valence-corrected chi connectivity index (χ0v) is 11.8. The van der Waals surface area contributed by atoms with Crippen molar-refractivity contribution in [1.29, 1.82) is 0 Å². The molecule has 5 heteroatoms. The molecule has 1 aliphatic heterocycles. The third kappa shape index (κ3) is 3.28. The molecule has 0 bridgehead atoms. The molecule has 1 N–H and O–H groups in total. The van der Waals surface area contributed by atoms with Crippen LogP contribution in [0, 0.1) is 5.82 Å². The van der Waals surface area contributed by atoms with E-state index >= 15 is 0 Å². The lowest BCUT2D eigenvalue weighted by molar-refractivity contribution is -0.136. The van der Waals surface area contributed by atoms with Gasteiger partial charge in [0.05, 0.1) is 6.10 Å². The summed E-state index contributed by atoms with van der Waals surface area (Å²) in [5, 5.41) is 9.66. The van der Waals surface area contributed by atoms with Crippen LogP contribution in [0.3, 0.4) is 0 Å². The predicted molar refractivity (Wildman–Crippen MR) is 72.9 cm³/mol. The number of hydrogen-bond acceptors (Lipinski definition) is 3. The largest absolute Gasteiger partial charge is 0.480 e. The van der Waals surface area contributed by atoms with Gasteiger partial charge in [0, 0.05) is 24.7 Å². The molecule has 2 rings (SSSR count). The third-order valence-electron chi connectivity index (χ3n) is 3.49. The molecule has 110 valence electrons. The minimum atomic E-state index is -0.778. The molecule has 0 aromatic heterocycles. The summed E-state index contributed by atoms with van der Waals surface area (Å²) < 4.78 is 18.9. The van der Waals surface area contributed by atoms with E-state index in [4.69, 9.17) is 4.74 Å². The van der Waals surface area contributed by atoms with E-state index in [1.54, 1.807) is 18.7 Å². The Labute approximate surface area is 118 Å². The highest BCUT2D eigenvalue weighted by Gasteiger charge is 2.25. The number of rotatable bonds is 4. The van der Waals surface area contributed by atoms with Gasteiger partial charge in [0.2, 0.25) is 0 Å². The van der Waals surface area contributed by atoms with Gasteiger partial charge in [-0.3, -0.25) is 4.79 Å². The Morgan fingerprint density at radius 3 is 2.60 bits per heavy atom. The Balaban J connectivity index is 2.12. The highest BCUT2D eigenvalue weighted by Crippen LogP contribution is 2.27. The molecule has 1 fully saturated rings. The van der Waals surface area contributed by atoms with E-state index in [0.29, 0.717) is 5.56 Å². The molecule has 0 saturated carbocycles. The lowest BCUT2D eigenvalue weighted by Gasteiger charge is -2.22. The maximum absolute atomic E-state index is 13.3. The van der Waals surface area contributed by atoms with E-state index in [1.165, 1.54) is 18.2 Å². The summed E-state index contributed by atoms with van der Waals surface area (Å²) in [6, 6.07) is 3.94. The monoisotopic (exact) mass is 281 g/mol. The van der Waals surface area contributed by atoms with Gasteiger partial charge in [-0.2, -0.15) is 0 Å². The molecule has 1 amide bonds. The third-order valence-corrected chi connectivity index (χ3v) is 3.49. The number of carbonyl (C=O) groups excluding carboxylic acids is 1. The normalized spacial score (nSPS) is 17.9. The fraction of sp³-hybridized carbons (Fsp3) is 0.533. The molecule has 0 radical (unpaired) electrons. The number of aliphatic hydroxyl groups excluding tert-OH is 1. The first-order chi connectivity index (χ1) is 9.49. The van der Waals surface area contributed by atoms with Gasteiger partial charge in [0.25, 0.3) is 5.91 Å². The van der Waals surface area contributed by atoms with Gasteiger partial charge in [-0.15, -0.1) is 0 Å². The molecule has 2 atom stereocenters. The lowest BCUT2D eigenvalue weighted by Crippen LogP contribution is -2.38. The first kappa shape index (κ1) is 14.8.